The molecule has 1 unspecified atom stereocenters. The molecule has 5 nitrogen and oxygen atoms in total. The van der Waals surface area contributed by atoms with Crippen LogP contribution >= 0.6 is 0 Å². The molecule has 3 rings (SSSR count). The van der Waals surface area contributed by atoms with Crippen molar-refractivity contribution in [1.82, 2.24) is 10.2 Å². The molecule has 0 saturated carbocycles. The van der Waals surface area contributed by atoms with Crippen molar-refractivity contribution >= 4 is 11.8 Å². The van der Waals surface area contributed by atoms with Gasteiger partial charge in [-0.15, -0.1) is 0 Å². The van der Waals surface area contributed by atoms with E-state index in [9.17, 15) is 9.59 Å². The topological polar surface area (TPSA) is 75.4 Å². The van der Waals surface area contributed by atoms with Crippen molar-refractivity contribution in [3.8, 4) is 0 Å². The molecular weight excluding hydrogens is 314 g/mol. The smallest absolute Gasteiger partial charge is 0.245 e. The predicted molar refractivity (Wildman–Crippen MR) is 96.5 cm³/mol. The third-order valence-corrected chi connectivity index (χ3v) is 4.47. The monoisotopic (exact) mass is 337 g/mol. The Morgan fingerprint density at radius 2 is 1.68 bits per heavy atom. The quantitative estimate of drug-likeness (QED) is 0.838. The summed E-state index contributed by atoms with van der Waals surface area (Å²) in [5.74, 6) is -0.312. The first kappa shape index (κ1) is 17.2. The summed E-state index contributed by atoms with van der Waals surface area (Å²) in [6.45, 7) is 1.22. The summed E-state index contributed by atoms with van der Waals surface area (Å²) in [7, 11) is 0. The zero-order valence-corrected chi connectivity index (χ0v) is 14.1. The van der Waals surface area contributed by atoms with Gasteiger partial charge >= 0.3 is 0 Å². The SMILES string of the molecule is N[C@@H](Cc1ccccc1)C(=O)NC1CCN(Cc2ccccc2)C1=O. The van der Waals surface area contributed by atoms with Gasteiger partial charge in [-0.3, -0.25) is 9.59 Å². The van der Waals surface area contributed by atoms with Crippen molar-refractivity contribution in [1.29, 1.82) is 0 Å². The highest BCUT2D eigenvalue weighted by Gasteiger charge is 2.33. The third kappa shape index (κ3) is 4.45. The van der Waals surface area contributed by atoms with E-state index in [1.54, 1.807) is 4.90 Å². The highest BCUT2D eigenvalue weighted by atomic mass is 16.2. The molecule has 2 atom stereocenters. The van der Waals surface area contributed by atoms with Crippen molar-refractivity contribution in [3.05, 3.63) is 71.8 Å². The number of rotatable bonds is 6. The lowest BCUT2D eigenvalue weighted by Gasteiger charge is -2.18. The Bertz CT molecular complexity index is 718. The molecule has 0 aliphatic carbocycles. The van der Waals surface area contributed by atoms with E-state index in [0.29, 0.717) is 25.9 Å². The van der Waals surface area contributed by atoms with Crippen LogP contribution in [0.15, 0.2) is 60.7 Å². The number of carbonyl (C=O) groups excluding carboxylic acids is 2. The van der Waals surface area contributed by atoms with Crippen LogP contribution in [0.1, 0.15) is 17.5 Å². The zero-order valence-electron chi connectivity index (χ0n) is 14.1. The van der Waals surface area contributed by atoms with Gasteiger partial charge in [-0.1, -0.05) is 60.7 Å². The first-order chi connectivity index (χ1) is 12.1. The number of carbonyl (C=O) groups is 2. The fourth-order valence-corrected chi connectivity index (χ4v) is 3.07. The number of amides is 2. The maximum atomic E-state index is 12.5. The second kappa shape index (κ2) is 7.94. The number of nitrogens with zero attached hydrogens (tertiary/aromatic N) is 1. The molecule has 1 aliphatic rings. The second-order valence-electron chi connectivity index (χ2n) is 6.39. The van der Waals surface area contributed by atoms with E-state index in [0.717, 1.165) is 11.1 Å². The number of hydrogen-bond donors (Lipinski definition) is 2. The number of nitrogens with two attached hydrogens (primary N) is 1. The standard InChI is InChI=1S/C20H23N3O2/c21-17(13-15-7-3-1-4-8-15)19(24)22-18-11-12-23(20(18)25)14-16-9-5-2-6-10-16/h1-10,17-18H,11-14,21H2,(H,22,24)/t17-,18?/m0/s1. The number of likely N-dealkylation sites (tertiary alicyclic amines) is 1. The van der Waals surface area contributed by atoms with E-state index in [4.69, 9.17) is 5.73 Å². The minimum Gasteiger partial charge on any atom is -0.343 e. The van der Waals surface area contributed by atoms with Gasteiger partial charge in [0.15, 0.2) is 0 Å². The molecule has 0 aromatic heterocycles. The lowest BCUT2D eigenvalue weighted by atomic mass is 10.1. The van der Waals surface area contributed by atoms with Gasteiger partial charge in [-0.05, 0) is 24.0 Å². The summed E-state index contributed by atoms with van der Waals surface area (Å²) in [5.41, 5.74) is 8.09. The van der Waals surface area contributed by atoms with Gasteiger partial charge in [0.2, 0.25) is 11.8 Å². The highest BCUT2D eigenvalue weighted by molar-refractivity contribution is 5.91. The summed E-state index contributed by atoms with van der Waals surface area (Å²) in [4.78, 5) is 26.6. The molecule has 1 fully saturated rings. The maximum absolute atomic E-state index is 12.5. The third-order valence-electron chi connectivity index (χ3n) is 4.47. The second-order valence-corrected chi connectivity index (χ2v) is 6.39. The number of hydrogen-bond acceptors (Lipinski definition) is 3. The van der Waals surface area contributed by atoms with Gasteiger partial charge in [-0.2, -0.15) is 0 Å². The summed E-state index contributed by atoms with van der Waals surface area (Å²) in [5, 5.41) is 2.81. The van der Waals surface area contributed by atoms with Gasteiger partial charge in [0.25, 0.3) is 0 Å². The van der Waals surface area contributed by atoms with Crippen LogP contribution in [0.4, 0.5) is 0 Å². The summed E-state index contributed by atoms with van der Waals surface area (Å²) >= 11 is 0. The van der Waals surface area contributed by atoms with Gasteiger partial charge in [0.05, 0.1) is 6.04 Å². The van der Waals surface area contributed by atoms with Crippen molar-refractivity contribution in [2.45, 2.75) is 31.5 Å². The van der Waals surface area contributed by atoms with Gasteiger partial charge in [-0.25, -0.2) is 0 Å². The van der Waals surface area contributed by atoms with Gasteiger partial charge < -0.3 is 16.0 Å². The largest absolute Gasteiger partial charge is 0.343 e. The molecule has 0 bridgehead atoms. The van der Waals surface area contributed by atoms with Crippen molar-refractivity contribution < 1.29 is 9.59 Å². The Morgan fingerprint density at radius 1 is 1.08 bits per heavy atom. The average Bonchev–Trinajstić information content (AvgIpc) is 2.97. The van der Waals surface area contributed by atoms with Crippen LogP contribution in [0, 0.1) is 0 Å². The Kier molecular flexibility index (Phi) is 5.46. The van der Waals surface area contributed by atoms with Crippen LogP contribution in [0.25, 0.3) is 0 Å². The van der Waals surface area contributed by atoms with Crippen LogP contribution in [0.3, 0.4) is 0 Å². The summed E-state index contributed by atoms with van der Waals surface area (Å²) < 4.78 is 0. The van der Waals surface area contributed by atoms with E-state index in [1.165, 1.54) is 0 Å². The molecule has 3 N–H and O–H groups in total. The Labute approximate surface area is 147 Å². The first-order valence-electron chi connectivity index (χ1n) is 8.56. The Morgan fingerprint density at radius 3 is 2.32 bits per heavy atom. The first-order valence-corrected chi connectivity index (χ1v) is 8.56. The molecular formula is C20H23N3O2. The fraction of sp³-hybridized carbons (Fsp3) is 0.300. The predicted octanol–water partition coefficient (Wildman–Crippen LogP) is 1.47. The Balaban J connectivity index is 1.52. The molecule has 0 radical (unpaired) electrons. The summed E-state index contributed by atoms with van der Waals surface area (Å²) in [6, 6.07) is 18.4. The molecule has 0 spiro atoms. The lowest BCUT2D eigenvalue weighted by Crippen LogP contribution is -2.49. The van der Waals surface area contributed by atoms with Crippen LogP contribution in [-0.4, -0.2) is 35.3 Å². The molecule has 1 aliphatic heterocycles. The maximum Gasteiger partial charge on any atom is 0.245 e. The van der Waals surface area contributed by atoms with E-state index < -0.39 is 12.1 Å². The molecule has 2 amide bonds. The average molecular weight is 337 g/mol. The van der Waals surface area contributed by atoms with E-state index >= 15 is 0 Å². The van der Waals surface area contributed by atoms with Gasteiger partial charge in [0, 0.05) is 13.1 Å². The zero-order chi connectivity index (χ0) is 17.6. The number of nitrogens with one attached hydrogen (secondary N) is 1. The molecule has 25 heavy (non-hydrogen) atoms. The van der Waals surface area contributed by atoms with Crippen LogP contribution in [-0.2, 0) is 22.6 Å². The fourth-order valence-electron chi connectivity index (χ4n) is 3.07. The molecule has 1 heterocycles. The van der Waals surface area contributed by atoms with Crippen LogP contribution < -0.4 is 11.1 Å². The molecule has 1 saturated heterocycles. The van der Waals surface area contributed by atoms with Crippen molar-refractivity contribution in [3.63, 3.8) is 0 Å². The van der Waals surface area contributed by atoms with Crippen molar-refractivity contribution in [2.24, 2.45) is 5.73 Å². The minimum atomic E-state index is -0.654. The van der Waals surface area contributed by atoms with E-state index in [2.05, 4.69) is 5.32 Å². The lowest BCUT2D eigenvalue weighted by molar-refractivity contribution is -0.133. The van der Waals surface area contributed by atoms with Crippen molar-refractivity contribution in [2.75, 3.05) is 6.54 Å². The van der Waals surface area contributed by atoms with Gasteiger partial charge in [0.1, 0.15) is 6.04 Å². The minimum absolute atomic E-state index is 0.0379. The summed E-state index contributed by atoms with van der Waals surface area (Å²) in [6.07, 6.45) is 1.08. The van der Waals surface area contributed by atoms with E-state index in [1.807, 2.05) is 60.7 Å². The van der Waals surface area contributed by atoms with Crippen LogP contribution in [0.5, 0.6) is 0 Å². The normalized spacial score (nSPS) is 18.2. The van der Waals surface area contributed by atoms with E-state index in [-0.39, 0.29) is 11.8 Å². The molecule has 130 valence electrons. The molecule has 2 aromatic rings. The molecule has 2 aromatic carbocycles. The van der Waals surface area contributed by atoms with Crippen LogP contribution in [0.2, 0.25) is 0 Å². The molecule has 5 heteroatoms. The Hall–Kier alpha value is -2.66. The number of benzene rings is 2. The highest BCUT2D eigenvalue weighted by Crippen LogP contribution is 2.15.